The molecule has 92 valence electrons. The Morgan fingerprint density at radius 1 is 1.20 bits per heavy atom. The molecule has 1 atom stereocenters. The van der Waals surface area contributed by atoms with Crippen molar-refractivity contribution in [2.75, 3.05) is 40.9 Å². The average molecular weight is 240 g/mol. The second kappa shape index (κ2) is 6.61. The fraction of sp³-hybridized carbons (Fsp3) is 1.00. The molecule has 0 bridgehead atoms. The first-order valence-corrected chi connectivity index (χ1v) is 6.69. The lowest BCUT2D eigenvalue weighted by Crippen LogP contribution is -2.35. The van der Waals surface area contributed by atoms with Crippen molar-refractivity contribution in [1.29, 1.82) is 0 Å². The molecule has 0 saturated heterocycles. The lowest BCUT2D eigenvalue weighted by atomic mass is 10.3. The molecule has 0 radical (unpaired) electrons. The van der Waals surface area contributed by atoms with Gasteiger partial charge in [0.2, 0.25) is 0 Å². The van der Waals surface area contributed by atoms with Crippen molar-refractivity contribution in [2.24, 2.45) is 0 Å². The van der Waals surface area contributed by atoms with E-state index in [2.05, 4.69) is 25.7 Å². The van der Waals surface area contributed by atoms with Gasteiger partial charge in [0.1, 0.15) is 0 Å². The smallest absolute Gasteiger partial charge is 0.331 e. The fourth-order valence-corrected chi connectivity index (χ4v) is 1.83. The van der Waals surface area contributed by atoms with Crippen molar-refractivity contribution < 1.29 is 23.0 Å². The first-order chi connectivity index (χ1) is 6.77. The predicted molar refractivity (Wildman–Crippen MR) is 59.5 cm³/mol. The standard InChI is InChI=1S/C9H22NO4P/c1-5-13-15(11,12)14-9-7-6-8-10(2,3)4/h5-9H2,1-4H3/p+1. The maximum absolute atomic E-state index is 11.1. The van der Waals surface area contributed by atoms with E-state index in [1.165, 1.54) is 0 Å². The summed E-state index contributed by atoms with van der Waals surface area (Å²) in [5.41, 5.74) is 0. The largest absolute Gasteiger partial charge is 0.472 e. The monoisotopic (exact) mass is 240 g/mol. The van der Waals surface area contributed by atoms with Gasteiger partial charge < -0.3 is 9.38 Å². The summed E-state index contributed by atoms with van der Waals surface area (Å²) in [6.07, 6.45) is 1.74. The van der Waals surface area contributed by atoms with E-state index in [0.29, 0.717) is 0 Å². The van der Waals surface area contributed by atoms with Crippen LogP contribution in [0.25, 0.3) is 0 Å². The SMILES string of the molecule is CCOP(=O)(O)OCCCC[N+](C)(C)C. The zero-order valence-corrected chi connectivity index (χ0v) is 11.0. The Morgan fingerprint density at radius 2 is 1.80 bits per heavy atom. The van der Waals surface area contributed by atoms with Crippen LogP contribution in [0.2, 0.25) is 0 Å². The summed E-state index contributed by atoms with van der Waals surface area (Å²) in [7, 11) is 2.55. The van der Waals surface area contributed by atoms with Gasteiger partial charge in [0.15, 0.2) is 0 Å². The maximum Gasteiger partial charge on any atom is 0.472 e. The third-order valence-corrected chi connectivity index (χ3v) is 2.86. The maximum atomic E-state index is 11.1. The summed E-state index contributed by atoms with van der Waals surface area (Å²) >= 11 is 0. The molecule has 1 unspecified atom stereocenters. The highest BCUT2D eigenvalue weighted by atomic mass is 31.2. The van der Waals surface area contributed by atoms with E-state index in [1.807, 2.05) is 0 Å². The minimum absolute atomic E-state index is 0.187. The molecule has 0 aromatic heterocycles. The summed E-state index contributed by atoms with van der Waals surface area (Å²) in [5.74, 6) is 0. The van der Waals surface area contributed by atoms with E-state index in [-0.39, 0.29) is 13.2 Å². The van der Waals surface area contributed by atoms with Gasteiger partial charge in [-0.05, 0) is 19.8 Å². The highest BCUT2D eigenvalue weighted by molar-refractivity contribution is 7.47. The molecule has 0 heterocycles. The Hall–Kier alpha value is 0.0700. The predicted octanol–water partition coefficient (Wildman–Crippen LogP) is 1.63. The van der Waals surface area contributed by atoms with Gasteiger partial charge in [0.05, 0.1) is 40.9 Å². The van der Waals surface area contributed by atoms with Crippen LogP contribution in [0.4, 0.5) is 0 Å². The summed E-state index contributed by atoms with van der Waals surface area (Å²) in [5, 5.41) is 0. The lowest BCUT2D eigenvalue weighted by molar-refractivity contribution is -0.870. The Balaban J connectivity index is 3.51. The number of rotatable bonds is 8. The molecule has 0 amide bonds. The molecule has 0 saturated carbocycles. The molecular formula is C9H23NO4P+. The first-order valence-electron chi connectivity index (χ1n) is 5.19. The number of quaternary nitrogens is 1. The van der Waals surface area contributed by atoms with Crippen LogP contribution >= 0.6 is 7.82 Å². The van der Waals surface area contributed by atoms with Crippen LogP contribution in [0.5, 0.6) is 0 Å². The van der Waals surface area contributed by atoms with Gasteiger partial charge in [-0.2, -0.15) is 0 Å². The molecule has 1 N–H and O–H groups in total. The van der Waals surface area contributed by atoms with Crippen LogP contribution < -0.4 is 0 Å². The van der Waals surface area contributed by atoms with Gasteiger partial charge in [-0.15, -0.1) is 0 Å². The van der Waals surface area contributed by atoms with E-state index < -0.39 is 7.82 Å². The Morgan fingerprint density at radius 3 is 2.27 bits per heavy atom. The van der Waals surface area contributed by atoms with E-state index in [9.17, 15) is 4.57 Å². The van der Waals surface area contributed by atoms with Crippen LogP contribution in [0, 0.1) is 0 Å². The highest BCUT2D eigenvalue weighted by Crippen LogP contribution is 2.42. The van der Waals surface area contributed by atoms with Gasteiger partial charge in [0, 0.05) is 0 Å². The van der Waals surface area contributed by atoms with Gasteiger partial charge in [-0.3, -0.25) is 9.05 Å². The Kier molecular flexibility index (Phi) is 6.64. The zero-order chi connectivity index (χ0) is 11.9. The van der Waals surface area contributed by atoms with Crippen molar-refractivity contribution >= 4 is 7.82 Å². The second-order valence-electron chi connectivity index (χ2n) is 4.44. The quantitative estimate of drug-likeness (QED) is 0.398. The number of nitrogens with zero attached hydrogens (tertiary/aromatic N) is 1. The van der Waals surface area contributed by atoms with E-state index in [4.69, 9.17) is 9.42 Å². The normalized spacial score (nSPS) is 16.3. The number of hydrogen-bond donors (Lipinski definition) is 1. The number of unbranched alkanes of at least 4 members (excludes halogenated alkanes) is 1. The summed E-state index contributed by atoms with van der Waals surface area (Å²) in [6, 6.07) is 0. The summed E-state index contributed by atoms with van der Waals surface area (Å²) in [4.78, 5) is 9.08. The number of phosphoric ester groups is 1. The third kappa shape index (κ3) is 10.4. The van der Waals surface area contributed by atoms with Crippen LogP contribution in [0.1, 0.15) is 19.8 Å². The minimum atomic E-state index is -3.78. The molecule has 6 heteroatoms. The summed E-state index contributed by atoms with van der Waals surface area (Å²) < 4.78 is 21.3. The van der Waals surface area contributed by atoms with E-state index >= 15 is 0 Å². The van der Waals surface area contributed by atoms with Crippen LogP contribution in [0.3, 0.4) is 0 Å². The van der Waals surface area contributed by atoms with E-state index in [1.54, 1.807) is 6.92 Å². The van der Waals surface area contributed by atoms with E-state index in [0.717, 1.165) is 23.9 Å². The van der Waals surface area contributed by atoms with Crippen LogP contribution in [-0.2, 0) is 13.6 Å². The zero-order valence-electron chi connectivity index (χ0n) is 10.1. The van der Waals surface area contributed by atoms with Crippen LogP contribution in [-0.4, -0.2) is 50.3 Å². The molecule has 0 aromatic carbocycles. The van der Waals surface area contributed by atoms with Crippen molar-refractivity contribution in [3.05, 3.63) is 0 Å². The molecule has 0 rings (SSSR count). The second-order valence-corrected chi connectivity index (χ2v) is 5.89. The average Bonchev–Trinajstić information content (AvgIpc) is 2.00. The minimum Gasteiger partial charge on any atom is -0.331 e. The molecule has 0 fully saturated rings. The topological polar surface area (TPSA) is 55.8 Å². The number of phosphoric acid groups is 1. The number of hydrogen-bond acceptors (Lipinski definition) is 3. The highest BCUT2D eigenvalue weighted by Gasteiger charge is 2.19. The van der Waals surface area contributed by atoms with Gasteiger partial charge in [-0.25, -0.2) is 4.57 Å². The van der Waals surface area contributed by atoms with Gasteiger partial charge in [0.25, 0.3) is 0 Å². The molecule has 5 nitrogen and oxygen atoms in total. The molecular weight excluding hydrogens is 217 g/mol. The van der Waals surface area contributed by atoms with Gasteiger partial charge in [-0.1, -0.05) is 0 Å². The molecule has 0 aliphatic carbocycles. The van der Waals surface area contributed by atoms with Gasteiger partial charge >= 0.3 is 7.82 Å². The van der Waals surface area contributed by atoms with Crippen molar-refractivity contribution in [3.8, 4) is 0 Å². The summed E-state index contributed by atoms with van der Waals surface area (Å²) in [6.45, 7) is 3.14. The molecule has 0 aliphatic heterocycles. The first kappa shape index (κ1) is 15.1. The van der Waals surface area contributed by atoms with Crippen molar-refractivity contribution in [1.82, 2.24) is 0 Å². The van der Waals surface area contributed by atoms with Crippen LogP contribution in [0.15, 0.2) is 0 Å². The molecule has 0 aromatic rings. The Bertz CT molecular complexity index is 215. The van der Waals surface area contributed by atoms with Crippen molar-refractivity contribution in [3.63, 3.8) is 0 Å². The van der Waals surface area contributed by atoms with Crippen molar-refractivity contribution in [2.45, 2.75) is 19.8 Å². The third-order valence-electron chi connectivity index (χ3n) is 1.77. The molecule has 15 heavy (non-hydrogen) atoms. The fourth-order valence-electron chi connectivity index (χ4n) is 1.07. The molecule has 0 spiro atoms. The lowest BCUT2D eigenvalue weighted by Gasteiger charge is -2.23. The Labute approximate surface area is 92.2 Å². The molecule has 0 aliphatic rings.